The third-order valence-electron chi connectivity index (χ3n) is 3.19. The molecule has 0 aliphatic rings. The van der Waals surface area contributed by atoms with Crippen molar-refractivity contribution in [2.45, 2.75) is 25.8 Å². The van der Waals surface area contributed by atoms with E-state index in [0.717, 1.165) is 28.5 Å². The SMILES string of the molecule is CCCc1c(C(=O)NC(CO)C(=O)O)sc2ccccc12. The second kappa shape index (κ2) is 6.69. The van der Waals surface area contributed by atoms with Crippen LogP contribution in [0, 0.1) is 0 Å². The summed E-state index contributed by atoms with van der Waals surface area (Å²) in [5, 5.41) is 21.3. The van der Waals surface area contributed by atoms with Gasteiger partial charge >= 0.3 is 5.97 Å². The second-order valence-electron chi connectivity index (χ2n) is 4.70. The lowest BCUT2D eigenvalue weighted by Crippen LogP contribution is -2.43. The van der Waals surface area contributed by atoms with Gasteiger partial charge in [-0.25, -0.2) is 4.79 Å². The van der Waals surface area contributed by atoms with Crippen molar-refractivity contribution in [1.29, 1.82) is 0 Å². The van der Waals surface area contributed by atoms with Crippen LogP contribution in [0.3, 0.4) is 0 Å². The number of carboxylic acid groups (broad SMARTS) is 1. The van der Waals surface area contributed by atoms with Gasteiger partial charge in [-0.1, -0.05) is 31.5 Å². The molecule has 6 heteroatoms. The molecule has 0 bridgehead atoms. The highest BCUT2D eigenvalue weighted by Gasteiger charge is 2.23. The number of benzene rings is 1. The number of hydrogen-bond acceptors (Lipinski definition) is 4. The predicted octanol–water partition coefficient (Wildman–Crippen LogP) is 2.03. The van der Waals surface area contributed by atoms with Crippen molar-refractivity contribution in [3.8, 4) is 0 Å². The topological polar surface area (TPSA) is 86.6 Å². The molecule has 1 unspecified atom stereocenters. The number of fused-ring (bicyclic) bond motifs is 1. The number of aliphatic hydroxyl groups is 1. The number of carbonyl (C=O) groups is 2. The summed E-state index contributed by atoms with van der Waals surface area (Å²) < 4.78 is 1.00. The number of rotatable bonds is 6. The molecule has 2 aromatic rings. The lowest BCUT2D eigenvalue weighted by atomic mass is 10.1. The summed E-state index contributed by atoms with van der Waals surface area (Å²) in [6.45, 7) is 1.40. The van der Waals surface area contributed by atoms with Gasteiger partial charge in [-0.2, -0.15) is 0 Å². The zero-order valence-electron chi connectivity index (χ0n) is 11.6. The van der Waals surface area contributed by atoms with Crippen LogP contribution in [0.15, 0.2) is 24.3 Å². The van der Waals surface area contributed by atoms with Crippen LogP contribution < -0.4 is 5.32 Å². The second-order valence-corrected chi connectivity index (χ2v) is 5.75. The first kappa shape index (κ1) is 15.5. The number of nitrogens with one attached hydrogen (secondary N) is 1. The summed E-state index contributed by atoms with van der Waals surface area (Å²) in [4.78, 5) is 23.7. The number of aliphatic carboxylic acids is 1. The van der Waals surface area contributed by atoms with Crippen LogP contribution in [-0.4, -0.2) is 34.7 Å². The molecule has 2 rings (SSSR count). The van der Waals surface area contributed by atoms with E-state index in [0.29, 0.717) is 4.88 Å². The molecule has 21 heavy (non-hydrogen) atoms. The lowest BCUT2D eigenvalue weighted by molar-refractivity contribution is -0.140. The van der Waals surface area contributed by atoms with Gasteiger partial charge in [-0.3, -0.25) is 4.79 Å². The van der Waals surface area contributed by atoms with E-state index in [1.165, 1.54) is 11.3 Å². The Hall–Kier alpha value is -1.92. The van der Waals surface area contributed by atoms with Crippen molar-refractivity contribution >= 4 is 33.3 Å². The molecule has 1 aromatic heterocycles. The van der Waals surface area contributed by atoms with E-state index in [2.05, 4.69) is 5.32 Å². The standard InChI is InChI=1S/C15H17NO4S/c1-2-5-10-9-6-3-4-7-12(9)21-13(10)14(18)16-11(8-17)15(19)20/h3-4,6-7,11,17H,2,5,8H2,1H3,(H,16,18)(H,19,20). The summed E-state index contributed by atoms with van der Waals surface area (Å²) in [6, 6.07) is 6.45. The average Bonchev–Trinajstić information content (AvgIpc) is 2.84. The highest BCUT2D eigenvalue weighted by atomic mass is 32.1. The van der Waals surface area contributed by atoms with Crippen LogP contribution in [0.2, 0.25) is 0 Å². The number of aliphatic hydroxyl groups excluding tert-OH is 1. The number of carbonyl (C=O) groups excluding carboxylic acids is 1. The van der Waals surface area contributed by atoms with E-state index in [-0.39, 0.29) is 0 Å². The van der Waals surface area contributed by atoms with Crippen molar-refractivity contribution in [3.05, 3.63) is 34.7 Å². The van der Waals surface area contributed by atoms with E-state index in [9.17, 15) is 9.59 Å². The number of aryl methyl sites for hydroxylation is 1. The van der Waals surface area contributed by atoms with Gasteiger partial charge < -0.3 is 15.5 Å². The number of carboxylic acids is 1. The molecule has 5 nitrogen and oxygen atoms in total. The molecular weight excluding hydrogens is 290 g/mol. The molecule has 1 atom stereocenters. The summed E-state index contributed by atoms with van der Waals surface area (Å²) >= 11 is 1.35. The molecule has 0 fully saturated rings. The van der Waals surface area contributed by atoms with E-state index >= 15 is 0 Å². The minimum absolute atomic E-state index is 0.443. The number of amides is 1. The maximum atomic E-state index is 12.3. The Morgan fingerprint density at radius 3 is 2.67 bits per heavy atom. The van der Waals surface area contributed by atoms with E-state index in [1.807, 2.05) is 31.2 Å². The summed E-state index contributed by atoms with van der Waals surface area (Å²) in [7, 11) is 0. The first-order chi connectivity index (χ1) is 10.1. The third kappa shape index (κ3) is 3.22. The Morgan fingerprint density at radius 2 is 2.05 bits per heavy atom. The van der Waals surface area contributed by atoms with Crippen molar-refractivity contribution in [3.63, 3.8) is 0 Å². The minimum atomic E-state index is -1.28. The molecule has 0 aliphatic heterocycles. The van der Waals surface area contributed by atoms with Crippen LogP contribution in [-0.2, 0) is 11.2 Å². The van der Waals surface area contributed by atoms with Gasteiger partial charge in [0.15, 0.2) is 6.04 Å². The van der Waals surface area contributed by atoms with Gasteiger partial charge in [0.2, 0.25) is 0 Å². The maximum absolute atomic E-state index is 12.3. The summed E-state index contributed by atoms with van der Waals surface area (Å²) in [6.07, 6.45) is 1.65. The van der Waals surface area contributed by atoms with Gasteiger partial charge in [0.05, 0.1) is 11.5 Å². The average molecular weight is 307 g/mol. The Balaban J connectivity index is 2.38. The van der Waals surface area contributed by atoms with Crippen LogP contribution in [0.4, 0.5) is 0 Å². The highest BCUT2D eigenvalue weighted by Crippen LogP contribution is 2.32. The first-order valence-corrected chi connectivity index (χ1v) is 7.55. The summed E-state index contributed by atoms with van der Waals surface area (Å²) in [5.41, 5.74) is 0.942. The lowest BCUT2D eigenvalue weighted by Gasteiger charge is -2.11. The molecule has 0 aliphatic carbocycles. The molecule has 1 amide bonds. The zero-order valence-corrected chi connectivity index (χ0v) is 12.4. The van der Waals surface area contributed by atoms with Gasteiger partial charge in [-0.05, 0) is 23.4 Å². The van der Waals surface area contributed by atoms with Crippen LogP contribution in [0.1, 0.15) is 28.6 Å². The molecule has 1 aromatic carbocycles. The molecule has 0 radical (unpaired) electrons. The van der Waals surface area contributed by atoms with Crippen molar-refractivity contribution < 1.29 is 19.8 Å². The maximum Gasteiger partial charge on any atom is 0.328 e. The zero-order chi connectivity index (χ0) is 15.4. The molecule has 1 heterocycles. The summed E-state index contributed by atoms with van der Waals surface area (Å²) in [5.74, 6) is -1.69. The van der Waals surface area contributed by atoms with Gasteiger partial charge in [-0.15, -0.1) is 11.3 Å². The third-order valence-corrected chi connectivity index (χ3v) is 4.40. The molecule has 0 spiro atoms. The fourth-order valence-corrected chi connectivity index (χ4v) is 3.34. The molecular formula is C15H17NO4S. The van der Waals surface area contributed by atoms with Gasteiger partial charge in [0.25, 0.3) is 5.91 Å². The van der Waals surface area contributed by atoms with Crippen molar-refractivity contribution in [1.82, 2.24) is 5.32 Å². The predicted molar refractivity (Wildman–Crippen MR) is 81.8 cm³/mol. The van der Waals surface area contributed by atoms with Crippen LogP contribution in [0.5, 0.6) is 0 Å². The largest absolute Gasteiger partial charge is 0.480 e. The number of thiophene rings is 1. The number of hydrogen-bond donors (Lipinski definition) is 3. The smallest absolute Gasteiger partial charge is 0.328 e. The molecule has 0 saturated heterocycles. The van der Waals surface area contributed by atoms with Crippen molar-refractivity contribution in [2.75, 3.05) is 6.61 Å². The highest BCUT2D eigenvalue weighted by molar-refractivity contribution is 7.21. The quantitative estimate of drug-likeness (QED) is 0.762. The Kier molecular flexibility index (Phi) is 4.93. The Bertz CT molecular complexity index is 665. The monoisotopic (exact) mass is 307 g/mol. The van der Waals surface area contributed by atoms with Crippen LogP contribution in [0.25, 0.3) is 10.1 Å². The van der Waals surface area contributed by atoms with Gasteiger partial charge in [0, 0.05) is 4.70 Å². The normalized spacial score (nSPS) is 12.3. The van der Waals surface area contributed by atoms with E-state index in [4.69, 9.17) is 10.2 Å². The Labute approximate surface area is 126 Å². The fraction of sp³-hybridized carbons (Fsp3) is 0.333. The fourth-order valence-electron chi connectivity index (χ4n) is 2.19. The van der Waals surface area contributed by atoms with Crippen molar-refractivity contribution in [2.24, 2.45) is 0 Å². The minimum Gasteiger partial charge on any atom is -0.480 e. The van der Waals surface area contributed by atoms with E-state index in [1.54, 1.807) is 0 Å². The molecule has 112 valence electrons. The first-order valence-electron chi connectivity index (χ1n) is 6.73. The van der Waals surface area contributed by atoms with Gasteiger partial charge in [0.1, 0.15) is 0 Å². The van der Waals surface area contributed by atoms with E-state index < -0.39 is 24.5 Å². The van der Waals surface area contributed by atoms with Crippen LogP contribution >= 0.6 is 11.3 Å². The Morgan fingerprint density at radius 1 is 1.33 bits per heavy atom. The molecule has 3 N–H and O–H groups in total. The molecule has 0 saturated carbocycles.